The molecule has 1 unspecified atom stereocenters. The molecule has 0 spiro atoms. The lowest BCUT2D eigenvalue weighted by Gasteiger charge is -2.21. The van der Waals surface area contributed by atoms with E-state index in [0.29, 0.717) is 50.6 Å². The predicted molar refractivity (Wildman–Crippen MR) is 136 cm³/mol. The van der Waals surface area contributed by atoms with E-state index in [-0.39, 0.29) is 4.90 Å². The van der Waals surface area contributed by atoms with Crippen LogP contribution in [0.15, 0.2) is 52.4 Å². The Morgan fingerprint density at radius 1 is 1.14 bits per heavy atom. The molecule has 2 aromatic carbocycles. The average Bonchev–Trinajstić information content (AvgIpc) is 3.45. The van der Waals surface area contributed by atoms with Crippen LogP contribution in [0.25, 0.3) is 10.2 Å². The number of rotatable bonds is 9. The Labute approximate surface area is 209 Å². The first-order valence-corrected chi connectivity index (χ1v) is 14.1. The van der Waals surface area contributed by atoms with E-state index < -0.39 is 22.0 Å². The molecule has 0 aliphatic carbocycles. The van der Waals surface area contributed by atoms with Gasteiger partial charge in [0.15, 0.2) is 4.80 Å². The second kappa shape index (κ2) is 11.0. The summed E-state index contributed by atoms with van der Waals surface area (Å²) in [7, 11) is -3.79. The minimum atomic E-state index is -3.79. The van der Waals surface area contributed by atoms with Crippen LogP contribution in [0.1, 0.15) is 32.3 Å². The predicted octanol–water partition coefficient (Wildman–Crippen LogP) is 3.73. The van der Waals surface area contributed by atoms with E-state index in [1.54, 1.807) is 24.3 Å². The van der Waals surface area contributed by atoms with Crippen molar-refractivity contribution in [2.24, 2.45) is 4.99 Å². The molecule has 1 aliphatic heterocycles. The van der Waals surface area contributed by atoms with E-state index >= 15 is 0 Å². The molecule has 8 nitrogen and oxygen atoms in total. The first-order valence-electron chi connectivity index (χ1n) is 11.9. The molecule has 1 aromatic heterocycles. The Morgan fingerprint density at radius 2 is 1.91 bits per heavy atom. The zero-order valence-electron chi connectivity index (χ0n) is 20.3. The standard InChI is InChI=1S/C25H31N3O5S2/c1-4-32-16-15-27-21-13-10-19(33-5-2)17-23(21)34-25(27)26-24(29)22-7-6-14-28(22)35(30,31)20-11-8-18(3)9-12-20/h8-13,17,22H,4-7,14-16H2,1-3H3. The fourth-order valence-electron chi connectivity index (χ4n) is 4.20. The van der Waals surface area contributed by atoms with Gasteiger partial charge < -0.3 is 14.0 Å². The molecule has 35 heavy (non-hydrogen) atoms. The molecule has 1 amide bonds. The number of carbonyl (C=O) groups is 1. The molecule has 1 aliphatic rings. The van der Waals surface area contributed by atoms with Gasteiger partial charge in [-0.3, -0.25) is 4.79 Å². The largest absolute Gasteiger partial charge is 0.494 e. The van der Waals surface area contributed by atoms with Gasteiger partial charge in [-0.15, -0.1) is 0 Å². The molecule has 1 fully saturated rings. The monoisotopic (exact) mass is 517 g/mol. The van der Waals surface area contributed by atoms with Crippen LogP contribution < -0.4 is 9.54 Å². The molecule has 3 aromatic rings. The maximum absolute atomic E-state index is 13.4. The number of fused-ring (bicyclic) bond motifs is 1. The number of ether oxygens (including phenoxy) is 2. The smallest absolute Gasteiger partial charge is 0.266 e. The van der Waals surface area contributed by atoms with Gasteiger partial charge in [-0.1, -0.05) is 29.0 Å². The minimum absolute atomic E-state index is 0.194. The Balaban J connectivity index is 1.69. The van der Waals surface area contributed by atoms with Crippen LogP contribution in [0.2, 0.25) is 0 Å². The Morgan fingerprint density at radius 3 is 2.63 bits per heavy atom. The van der Waals surface area contributed by atoms with Crippen molar-refractivity contribution in [2.75, 3.05) is 26.4 Å². The van der Waals surface area contributed by atoms with Crippen LogP contribution >= 0.6 is 11.3 Å². The summed E-state index contributed by atoms with van der Waals surface area (Å²) in [6, 6.07) is 11.7. The van der Waals surface area contributed by atoms with E-state index in [1.165, 1.54) is 15.6 Å². The van der Waals surface area contributed by atoms with Crippen LogP contribution in [0.3, 0.4) is 0 Å². The van der Waals surface area contributed by atoms with Gasteiger partial charge in [-0.05, 0) is 63.9 Å². The SMILES string of the molecule is CCOCCn1c(=NC(=O)C2CCCN2S(=O)(=O)c2ccc(C)cc2)sc2cc(OCC)ccc21. The van der Waals surface area contributed by atoms with Crippen LogP contribution in [-0.4, -0.2) is 55.6 Å². The number of hydrogen-bond acceptors (Lipinski definition) is 6. The third-order valence-corrected chi connectivity index (χ3v) is 8.91. The fourth-order valence-corrected chi connectivity index (χ4v) is 6.94. The van der Waals surface area contributed by atoms with Crippen molar-refractivity contribution in [3.63, 3.8) is 0 Å². The van der Waals surface area contributed by atoms with E-state index in [0.717, 1.165) is 21.5 Å². The summed E-state index contributed by atoms with van der Waals surface area (Å²) in [6.07, 6.45) is 1.07. The Bertz CT molecular complexity index is 1360. The Kier molecular flexibility index (Phi) is 8.05. The number of benzene rings is 2. The summed E-state index contributed by atoms with van der Waals surface area (Å²) in [5.41, 5.74) is 1.90. The Hall–Kier alpha value is -2.53. The third kappa shape index (κ3) is 5.50. The van der Waals surface area contributed by atoms with Crippen molar-refractivity contribution < 1.29 is 22.7 Å². The molecule has 0 N–H and O–H groups in total. The lowest BCUT2D eigenvalue weighted by Crippen LogP contribution is -2.40. The summed E-state index contributed by atoms with van der Waals surface area (Å²) >= 11 is 1.39. The third-order valence-electron chi connectivity index (χ3n) is 5.95. The van der Waals surface area contributed by atoms with Gasteiger partial charge in [0.25, 0.3) is 5.91 Å². The topological polar surface area (TPSA) is 90.2 Å². The number of aromatic nitrogens is 1. The first-order chi connectivity index (χ1) is 16.8. The number of carbonyl (C=O) groups excluding carboxylic acids is 1. The second-order valence-electron chi connectivity index (χ2n) is 8.33. The zero-order chi connectivity index (χ0) is 25.0. The summed E-state index contributed by atoms with van der Waals surface area (Å²) in [6.45, 7) is 8.23. The molecule has 0 saturated carbocycles. The number of aryl methyl sites for hydroxylation is 1. The van der Waals surface area contributed by atoms with Crippen molar-refractivity contribution in [1.82, 2.24) is 8.87 Å². The maximum Gasteiger partial charge on any atom is 0.266 e. The van der Waals surface area contributed by atoms with Crippen LogP contribution in [0.5, 0.6) is 5.75 Å². The second-order valence-corrected chi connectivity index (χ2v) is 11.2. The van der Waals surface area contributed by atoms with E-state index in [4.69, 9.17) is 9.47 Å². The van der Waals surface area contributed by atoms with Crippen molar-refractivity contribution in [2.45, 2.75) is 51.1 Å². The average molecular weight is 518 g/mol. The molecule has 4 rings (SSSR count). The highest BCUT2D eigenvalue weighted by Gasteiger charge is 2.39. The van der Waals surface area contributed by atoms with Gasteiger partial charge in [0.05, 0.1) is 28.3 Å². The molecule has 2 heterocycles. The van der Waals surface area contributed by atoms with Gasteiger partial charge in [-0.2, -0.15) is 9.30 Å². The highest BCUT2D eigenvalue weighted by molar-refractivity contribution is 7.89. The minimum Gasteiger partial charge on any atom is -0.494 e. The number of amides is 1. The first kappa shape index (κ1) is 25.6. The van der Waals surface area contributed by atoms with Crippen molar-refractivity contribution in [1.29, 1.82) is 0 Å². The quantitative estimate of drug-likeness (QED) is 0.404. The molecular weight excluding hydrogens is 486 g/mol. The summed E-state index contributed by atoms with van der Waals surface area (Å²) in [5, 5.41) is 0. The number of sulfonamides is 1. The highest BCUT2D eigenvalue weighted by Crippen LogP contribution is 2.28. The number of nitrogens with zero attached hydrogens (tertiary/aromatic N) is 3. The van der Waals surface area contributed by atoms with Crippen molar-refractivity contribution in [3.8, 4) is 5.75 Å². The molecular formula is C25H31N3O5S2. The molecule has 0 radical (unpaired) electrons. The molecule has 10 heteroatoms. The lowest BCUT2D eigenvalue weighted by atomic mass is 10.2. The fraction of sp³-hybridized carbons (Fsp3) is 0.440. The van der Waals surface area contributed by atoms with E-state index in [2.05, 4.69) is 4.99 Å². The van der Waals surface area contributed by atoms with E-state index in [9.17, 15) is 13.2 Å². The van der Waals surface area contributed by atoms with Crippen molar-refractivity contribution >= 4 is 37.5 Å². The highest BCUT2D eigenvalue weighted by atomic mass is 32.2. The lowest BCUT2D eigenvalue weighted by molar-refractivity contribution is -0.121. The molecule has 1 saturated heterocycles. The maximum atomic E-state index is 13.4. The number of hydrogen-bond donors (Lipinski definition) is 0. The summed E-state index contributed by atoms with van der Waals surface area (Å²) in [4.78, 5) is 18.5. The normalized spacial score (nSPS) is 17.3. The van der Waals surface area contributed by atoms with Gasteiger partial charge in [0, 0.05) is 19.7 Å². The van der Waals surface area contributed by atoms with Gasteiger partial charge in [-0.25, -0.2) is 8.42 Å². The van der Waals surface area contributed by atoms with Crippen molar-refractivity contribution in [3.05, 3.63) is 52.8 Å². The van der Waals surface area contributed by atoms with Gasteiger partial charge in [0.2, 0.25) is 10.0 Å². The summed E-state index contributed by atoms with van der Waals surface area (Å²) < 4.78 is 42.0. The molecule has 0 bridgehead atoms. The van der Waals surface area contributed by atoms with Gasteiger partial charge >= 0.3 is 0 Å². The van der Waals surface area contributed by atoms with Crippen LogP contribution in [0.4, 0.5) is 0 Å². The molecule has 1 atom stereocenters. The zero-order valence-corrected chi connectivity index (χ0v) is 21.9. The number of thiazole rings is 1. The summed E-state index contributed by atoms with van der Waals surface area (Å²) in [5.74, 6) is 0.308. The van der Waals surface area contributed by atoms with Crippen LogP contribution in [0, 0.1) is 6.92 Å². The van der Waals surface area contributed by atoms with Crippen LogP contribution in [-0.2, 0) is 26.1 Å². The van der Waals surface area contributed by atoms with E-state index in [1.807, 2.05) is 43.5 Å². The van der Waals surface area contributed by atoms with Gasteiger partial charge in [0.1, 0.15) is 11.8 Å². The molecule has 188 valence electrons.